The van der Waals surface area contributed by atoms with Crippen molar-refractivity contribution in [3.05, 3.63) is 41.5 Å². The Labute approximate surface area is 363 Å². The molecule has 19 atom stereocenters. The summed E-state index contributed by atoms with van der Waals surface area (Å²) in [6.07, 6.45) is 3.56. The van der Waals surface area contributed by atoms with E-state index in [0.29, 0.717) is 43.7 Å². The molecule has 3 unspecified atom stereocenters. The predicted molar refractivity (Wildman–Crippen MR) is 230 cm³/mol. The van der Waals surface area contributed by atoms with Crippen molar-refractivity contribution >= 4 is 17.4 Å². The third-order valence-electron chi connectivity index (χ3n) is 15.4. The number of carbonyl (C=O) groups excluding carboxylic acids is 2. The van der Waals surface area contributed by atoms with Crippen molar-refractivity contribution in [1.82, 2.24) is 4.90 Å². The first kappa shape index (κ1) is 46.5. The number of esters is 1. The molecule has 2 N–H and O–H groups in total. The molecule has 3 aliphatic heterocycles. The molecule has 0 radical (unpaired) electrons. The number of hydrogen-bond acceptors (Lipinski definition) is 13. The third-order valence-corrected chi connectivity index (χ3v) is 15.4. The van der Waals surface area contributed by atoms with Crippen LogP contribution >= 0.6 is 0 Å². The second-order valence-corrected chi connectivity index (χ2v) is 19.1. The number of nitrogens with zero attached hydrogens (tertiary/aromatic N) is 1. The minimum atomic E-state index is -0.874. The van der Waals surface area contributed by atoms with Crippen LogP contribution in [0.3, 0.4) is 0 Å². The van der Waals surface area contributed by atoms with Crippen LogP contribution in [-0.2, 0) is 47.5 Å². The van der Waals surface area contributed by atoms with Gasteiger partial charge < -0.3 is 53.2 Å². The van der Waals surface area contributed by atoms with Crippen LogP contribution in [0.5, 0.6) is 0 Å². The van der Waals surface area contributed by atoms with Gasteiger partial charge in [0.1, 0.15) is 24.4 Å². The van der Waals surface area contributed by atoms with Crippen molar-refractivity contribution in [2.75, 3.05) is 40.7 Å². The van der Waals surface area contributed by atoms with E-state index in [0.717, 1.165) is 30.5 Å². The summed E-state index contributed by atoms with van der Waals surface area (Å²) < 4.78 is 50.3. The fourth-order valence-electron chi connectivity index (χ4n) is 12.1. The summed E-state index contributed by atoms with van der Waals surface area (Å²) >= 11 is 0. The van der Waals surface area contributed by atoms with Gasteiger partial charge in [-0.25, -0.2) is 0 Å². The zero-order chi connectivity index (χ0) is 43.7. The molecule has 1 aromatic carbocycles. The summed E-state index contributed by atoms with van der Waals surface area (Å²) in [4.78, 5) is 31.3. The second kappa shape index (κ2) is 20.2. The van der Waals surface area contributed by atoms with E-state index in [1.165, 1.54) is 0 Å². The first-order chi connectivity index (χ1) is 29.3. The number of methoxy groups -OCH3 is 3. The number of carbonyl (C=O) groups is 2. The number of ketones is 1. The van der Waals surface area contributed by atoms with E-state index in [4.69, 9.17) is 37.9 Å². The number of anilines is 1. The Balaban J connectivity index is 1.21. The number of aliphatic hydroxyl groups excluding tert-OH is 1. The molecule has 2 saturated carbocycles. The maximum atomic E-state index is 15.1. The number of likely N-dealkylation sites (N-methyl/N-ethyl adjacent to an activating group) is 1. The molecular formula is C48H74N2O11. The van der Waals surface area contributed by atoms with Crippen molar-refractivity contribution in [3.63, 3.8) is 0 Å². The fraction of sp³-hybridized carbons (Fsp3) is 0.792. The maximum Gasteiger partial charge on any atom is 0.306 e. The number of ether oxygens (including phenoxy) is 8. The van der Waals surface area contributed by atoms with Gasteiger partial charge in [-0.15, -0.1) is 0 Å². The number of para-hydroxylation sites is 1. The van der Waals surface area contributed by atoms with Gasteiger partial charge in [0, 0.05) is 50.8 Å². The first-order valence-corrected chi connectivity index (χ1v) is 23.1. The number of Topliss-reactive ketones (excluding diaryl/α,β-unsaturated/α-hetero) is 1. The van der Waals surface area contributed by atoms with Crippen LogP contribution in [0, 0.1) is 42.4 Å². The van der Waals surface area contributed by atoms with Gasteiger partial charge in [-0.05, 0) is 121 Å². The van der Waals surface area contributed by atoms with Crippen LogP contribution in [0.4, 0.5) is 5.69 Å². The second-order valence-electron chi connectivity index (χ2n) is 19.1. The molecule has 13 nitrogen and oxygen atoms in total. The van der Waals surface area contributed by atoms with Crippen LogP contribution in [-0.4, -0.2) is 137 Å². The zero-order valence-electron chi connectivity index (χ0n) is 38.2. The molecule has 3 saturated heterocycles. The van der Waals surface area contributed by atoms with Crippen molar-refractivity contribution in [1.29, 1.82) is 0 Å². The van der Waals surface area contributed by atoms with Gasteiger partial charge in [0.25, 0.3) is 0 Å². The Kier molecular flexibility index (Phi) is 15.4. The van der Waals surface area contributed by atoms with Crippen LogP contribution in [0.2, 0.25) is 0 Å². The number of nitrogens with one attached hydrogen (secondary N) is 1. The van der Waals surface area contributed by atoms with Gasteiger partial charge >= 0.3 is 5.97 Å². The van der Waals surface area contributed by atoms with Gasteiger partial charge in [0.2, 0.25) is 0 Å². The summed E-state index contributed by atoms with van der Waals surface area (Å²) in [5.74, 6) is -1.89. The molecule has 5 fully saturated rings. The van der Waals surface area contributed by atoms with Crippen LogP contribution in [0.25, 0.3) is 0 Å². The number of fused-ring (bicyclic) bond motifs is 5. The Hall–Kier alpha value is -2.46. The standard InChI is InChI=1S/C48H74N2O11/c1-11-29-16-14-18-38(61-40-20-19-37(50(6)7)27(4)57-40)26(3)43(52)35-23-32-31-21-30(60-48-47(56-10)46(55-9)45(54-8)28(5)58-48)22-34(31)42(49-36-17-13-12-15-25(36)2)44(53)41(32)33(35)24-39(51)59-29/h12-13,15,17,23,26-34,37-38,40-42,44-49,53H,11,14,16,18-22,24H2,1-10H3/t26-,27?,28?,29+,30+,31+,32+,33-,34-,37+,38+,40+,41-,42+,44+,45+,46?,47+,48+/m1/s1. The van der Waals surface area contributed by atoms with Gasteiger partial charge in [0.05, 0.1) is 43.0 Å². The number of cyclic esters (lactones) is 1. The Bertz CT molecular complexity index is 1680. The Morgan fingerprint density at radius 3 is 2.26 bits per heavy atom. The largest absolute Gasteiger partial charge is 0.462 e. The van der Waals surface area contributed by atoms with Crippen molar-refractivity contribution < 1.29 is 52.6 Å². The summed E-state index contributed by atoms with van der Waals surface area (Å²) in [6.45, 7) is 10.1. The molecule has 7 rings (SSSR count). The van der Waals surface area contributed by atoms with Crippen LogP contribution in [0.15, 0.2) is 35.9 Å². The predicted octanol–water partition coefficient (Wildman–Crippen LogP) is 6.08. The molecular weight excluding hydrogens is 781 g/mol. The topological polar surface area (TPSA) is 143 Å². The lowest BCUT2D eigenvalue weighted by Crippen LogP contribution is -2.59. The highest BCUT2D eigenvalue weighted by Gasteiger charge is 2.60. The first-order valence-electron chi connectivity index (χ1n) is 23.1. The molecule has 0 spiro atoms. The fourth-order valence-corrected chi connectivity index (χ4v) is 12.1. The van der Waals surface area contributed by atoms with Gasteiger partial charge in [-0.2, -0.15) is 0 Å². The highest BCUT2D eigenvalue weighted by molar-refractivity contribution is 5.99. The molecule has 0 amide bonds. The normalized spacial score (nSPS) is 43.3. The quantitative estimate of drug-likeness (QED) is 0.249. The van der Waals surface area contributed by atoms with Crippen molar-refractivity contribution in [2.24, 2.45) is 35.5 Å². The summed E-state index contributed by atoms with van der Waals surface area (Å²) in [7, 11) is 9.08. The molecule has 61 heavy (non-hydrogen) atoms. The lowest BCUT2D eigenvalue weighted by atomic mass is 9.62. The van der Waals surface area contributed by atoms with Crippen LogP contribution < -0.4 is 5.32 Å². The lowest BCUT2D eigenvalue weighted by Gasteiger charge is -2.47. The molecule has 6 aliphatic rings. The van der Waals surface area contributed by atoms with E-state index in [1.807, 2.05) is 39.0 Å². The summed E-state index contributed by atoms with van der Waals surface area (Å²) in [5.41, 5.74) is 2.63. The van der Waals surface area contributed by atoms with E-state index in [2.05, 4.69) is 50.3 Å². The highest BCUT2D eigenvalue weighted by Crippen LogP contribution is 2.57. The smallest absolute Gasteiger partial charge is 0.306 e. The zero-order valence-corrected chi connectivity index (χ0v) is 38.2. The van der Waals surface area contributed by atoms with Gasteiger partial charge in [-0.3, -0.25) is 9.59 Å². The minimum Gasteiger partial charge on any atom is -0.462 e. The highest BCUT2D eigenvalue weighted by atomic mass is 16.7. The molecule has 0 aromatic heterocycles. The number of hydrogen-bond donors (Lipinski definition) is 2. The lowest BCUT2D eigenvalue weighted by molar-refractivity contribution is -0.314. The maximum absolute atomic E-state index is 15.1. The Morgan fingerprint density at radius 1 is 0.869 bits per heavy atom. The summed E-state index contributed by atoms with van der Waals surface area (Å²) in [5, 5.41) is 16.6. The SMILES string of the molecule is CC[C@H]1CCC[C@H](O[C@H]2CC[C@H](N(C)C)C(C)O2)[C@@H](C)C(=O)C2=C[C@H]3[C@@H]4C[C@H](O[C@@H]5OC(C)[C@H](OC)C(OC)[C@@H]5OC)C[C@H]4[C@H](Nc4ccccc4C)[C@@H](O)[C@H]3[C@@H]2CC(=O)O1. The summed E-state index contributed by atoms with van der Waals surface area (Å²) in [6, 6.07) is 8.04. The number of benzene rings is 1. The van der Waals surface area contributed by atoms with E-state index in [1.54, 1.807) is 21.3 Å². The van der Waals surface area contributed by atoms with Crippen LogP contribution in [0.1, 0.15) is 91.0 Å². The van der Waals surface area contributed by atoms with E-state index < -0.39 is 48.6 Å². The minimum absolute atomic E-state index is 0.00745. The molecule has 342 valence electrons. The molecule has 1 aromatic rings. The average molecular weight is 855 g/mol. The number of allylic oxidation sites excluding steroid dienone is 2. The van der Waals surface area contributed by atoms with Gasteiger partial charge in [-0.1, -0.05) is 38.1 Å². The monoisotopic (exact) mass is 855 g/mol. The third kappa shape index (κ3) is 9.66. The molecule has 3 aliphatic carbocycles. The molecule has 0 bridgehead atoms. The average Bonchev–Trinajstić information content (AvgIpc) is 3.82. The van der Waals surface area contributed by atoms with E-state index in [9.17, 15) is 9.90 Å². The number of rotatable bonds is 11. The number of aryl methyl sites for hydroxylation is 1. The molecule has 13 heteroatoms. The van der Waals surface area contributed by atoms with E-state index >= 15 is 4.79 Å². The van der Waals surface area contributed by atoms with Crippen molar-refractivity contribution in [2.45, 2.75) is 172 Å². The van der Waals surface area contributed by atoms with E-state index in [-0.39, 0.29) is 78.6 Å². The van der Waals surface area contributed by atoms with Gasteiger partial charge in [0.15, 0.2) is 18.4 Å². The Morgan fingerprint density at radius 2 is 1.59 bits per heavy atom. The molecule has 3 heterocycles. The van der Waals surface area contributed by atoms with Crippen molar-refractivity contribution in [3.8, 4) is 0 Å². The number of aliphatic hydroxyl groups is 1.